The Morgan fingerprint density at radius 2 is 1.95 bits per heavy atom. The average molecular weight is 281 g/mol. The Morgan fingerprint density at radius 3 is 2.71 bits per heavy atom. The summed E-state index contributed by atoms with van der Waals surface area (Å²) in [4.78, 5) is 13.4. The van der Waals surface area contributed by atoms with Gasteiger partial charge in [0.1, 0.15) is 0 Å². The van der Waals surface area contributed by atoms with E-state index in [2.05, 4.69) is 29.2 Å². The average Bonchev–Trinajstić information content (AvgIpc) is 2.91. The summed E-state index contributed by atoms with van der Waals surface area (Å²) in [6.45, 7) is 1.97. The third-order valence-corrected chi connectivity index (χ3v) is 4.06. The zero-order valence-electron chi connectivity index (χ0n) is 12.0. The van der Waals surface area contributed by atoms with E-state index in [1.54, 1.807) is 6.07 Å². The minimum Gasteiger partial charge on any atom is -0.478 e. The van der Waals surface area contributed by atoms with Crippen molar-refractivity contribution in [2.75, 3.05) is 18.0 Å². The molecule has 0 unspecified atom stereocenters. The number of nitrogens with zero attached hydrogens (tertiary/aromatic N) is 1. The van der Waals surface area contributed by atoms with Crippen LogP contribution in [0.5, 0.6) is 0 Å². The van der Waals surface area contributed by atoms with Crippen LogP contribution in [0.1, 0.15) is 27.9 Å². The van der Waals surface area contributed by atoms with Gasteiger partial charge in [0.25, 0.3) is 0 Å². The molecule has 3 heteroatoms. The number of anilines is 1. The Morgan fingerprint density at radius 1 is 1.14 bits per heavy atom. The molecular weight excluding hydrogens is 262 g/mol. The molecule has 1 heterocycles. The third kappa shape index (κ3) is 3.07. The normalized spacial score (nSPS) is 13.2. The number of carboxylic acid groups (broad SMARTS) is 1. The second kappa shape index (κ2) is 6.00. The predicted octanol–water partition coefficient (Wildman–Crippen LogP) is 3.38. The highest BCUT2D eigenvalue weighted by Crippen LogP contribution is 2.29. The lowest BCUT2D eigenvalue weighted by Crippen LogP contribution is -2.22. The van der Waals surface area contributed by atoms with Gasteiger partial charge >= 0.3 is 5.97 Å². The summed E-state index contributed by atoms with van der Waals surface area (Å²) in [6, 6.07) is 16.0. The molecule has 0 aliphatic carbocycles. The van der Waals surface area contributed by atoms with Crippen LogP contribution in [-0.2, 0) is 12.8 Å². The smallest absolute Gasteiger partial charge is 0.335 e. The number of rotatable bonds is 5. The summed E-state index contributed by atoms with van der Waals surface area (Å²) in [5, 5.41) is 9.11. The van der Waals surface area contributed by atoms with Crippen LogP contribution in [0.4, 0.5) is 5.69 Å². The van der Waals surface area contributed by atoms with Gasteiger partial charge in [0.2, 0.25) is 0 Å². The summed E-state index contributed by atoms with van der Waals surface area (Å²) >= 11 is 0. The Labute approximate surface area is 124 Å². The van der Waals surface area contributed by atoms with Gasteiger partial charge in [0, 0.05) is 18.8 Å². The van der Waals surface area contributed by atoms with E-state index < -0.39 is 5.97 Å². The molecule has 3 nitrogen and oxygen atoms in total. The van der Waals surface area contributed by atoms with Crippen LogP contribution in [0.2, 0.25) is 0 Å². The van der Waals surface area contributed by atoms with Gasteiger partial charge in [-0.1, -0.05) is 36.4 Å². The van der Waals surface area contributed by atoms with Gasteiger partial charge in [-0.3, -0.25) is 0 Å². The topological polar surface area (TPSA) is 40.5 Å². The van der Waals surface area contributed by atoms with E-state index >= 15 is 0 Å². The molecule has 0 aromatic heterocycles. The van der Waals surface area contributed by atoms with Crippen LogP contribution in [0.25, 0.3) is 0 Å². The van der Waals surface area contributed by atoms with E-state index in [1.807, 2.05) is 18.2 Å². The Bertz CT molecular complexity index is 637. The van der Waals surface area contributed by atoms with Crippen molar-refractivity contribution in [3.05, 3.63) is 65.2 Å². The highest BCUT2D eigenvalue weighted by Gasteiger charge is 2.20. The molecular formula is C18H19NO2. The Kier molecular flexibility index (Phi) is 3.91. The van der Waals surface area contributed by atoms with Crippen molar-refractivity contribution in [2.24, 2.45) is 0 Å². The molecule has 1 aliphatic heterocycles. The minimum absolute atomic E-state index is 0.378. The van der Waals surface area contributed by atoms with Crippen LogP contribution >= 0.6 is 0 Å². The van der Waals surface area contributed by atoms with E-state index in [0.717, 1.165) is 38.0 Å². The molecule has 1 aliphatic rings. The summed E-state index contributed by atoms with van der Waals surface area (Å²) < 4.78 is 0. The molecule has 108 valence electrons. The monoisotopic (exact) mass is 281 g/mol. The van der Waals surface area contributed by atoms with E-state index in [4.69, 9.17) is 5.11 Å². The first-order valence-corrected chi connectivity index (χ1v) is 7.39. The maximum absolute atomic E-state index is 11.1. The fourth-order valence-corrected chi connectivity index (χ4v) is 2.93. The second-order valence-electron chi connectivity index (χ2n) is 5.47. The van der Waals surface area contributed by atoms with E-state index in [-0.39, 0.29) is 0 Å². The first-order chi connectivity index (χ1) is 10.2. The fraction of sp³-hybridized carbons (Fsp3) is 0.278. The number of aromatic carboxylic acids is 1. The van der Waals surface area contributed by atoms with Gasteiger partial charge in [-0.05, 0) is 42.5 Å². The molecule has 21 heavy (non-hydrogen) atoms. The predicted molar refractivity (Wildman–Crippen MR) is 84.1 cm³/mol. The number of carboxylic acids is 1. The molecule has 0 fully saturated rings. The van der Waals surface area contributed by atoms with E-state index in [0.29, 0.717) is 5.56 Å². The molecule has 0 atom stereocenters. The first-order valence-electron chi connectivity index (χ1n) is 7.39. The van der Waals surface area contributed by atoms with Crippen molar-refractivity contribution >= 4 is 11.7 Å². The Hall–Kier alpha value is -2.29. The second-order valence-corrected chi connectivity index (χ2v) is 5.47. The van der Waals surface area contributed by atoms with E-state index in [1.165, 1.54) is 11.1 Å². The molecule has 3 rings (SSSR count). The van der Waals surface area contributed by atoms with Crippen molar-refractivity contribution in [1.82, 2.24) is 0 Å². The van der Waals surface area contributed by atoms with Gasteiger partial charge in [-0.15, -0.1) is 0 Å². The number of hydrogen-bond acceptors (Lipinski definition) is 2. The van der Waals surface area contributed by atoms with Crippen molar-refractivity contribution in [3.63, 3.8) is 0 Å². The highest BCUT2D eigenvalue weighted by atomic mass is 16.4. The van der Waals surface area contributed by atoms with Gasteiger partial charge in [-0.2, -0.15) is 0 Å². The molecule has 0 saturated heterocycles. The SMILES string of the molecule is O=C(O)c1ccc2c(c1)N(CCCc1ccccc1)CC2. The molecule has 0 saturated carbocycles. The first kappa shape index (κ1) is 13.7. The molecule has 0 radical (unpaired) electrons. The number of fused-ring (bicyclic) bond motifs is 1. The minimum atomic E-state index is -0.853. The fourth-order valence-electron chi connectivity index (χ4n) is 2.93. The number of benzene rings is 2. The lowest BCUT2D eigenvalue weighted by atomic mass is 10.1. The molecule has 0 bridgehead atoms. The molecule has 1 N–H and O–H groups in total. The van der Waals surface area contributed by atoms with Gasteiger partial charge in [0.05, 0.1) is 5.56 Å². The van der Waals surface area contributed by atoms with Gasteiger partial charge in [-0.25, -0.2) is 4.79 Å². The quantitative estimate of drug-likeness (QED) is 0.913. The molecule has 2 aromatic carbocycles. The maximum atomic E-state index is 11.1. The van der Waals surface area contributed by atoms with Crippen LogP contribution in [-0.4, -0.2) is 24.2 Å². The number of hydrogen-bond donors (Lipinski definition) is 1. The lowest BCUT2D eigenvalue weighted by molar-refractivity contribution is 0.0697. The molecule has 2 aromatic rings. The van der Waals surface area contributed by atoms with Gasteiger partial charge < -0.3 is 10.0 Å². The van der Waals surface area contributed by atoms with Crippen molar-refractivity contribution in [3.8, 4) is 0 Å². The highest BCUT2D eigenvalue weighted by molar-refractivity contribution is 5.89. The lowest BCUT2D eigenvalue weighted by Gasteiger charge is -2.19. The third-order valence-electron chi connectivity index (χ3n) is 4.06. The van der Waals surface area contributed by atoms with Crippen molar-refractivity contribution < 1.29 is 9.90 Å². The van der Waals surface area contributed by atoms with Crippen molar-refractivity contribution in [1.29, 1.82) is 0 Å². The summed E-state index contributed by atoms with van der Waals surface area (Å²) in [7, 11) is 0. The Balaban J connectivity index is 1.64. The molecule has 0 spiro atoms. The number of carbonyl (C=O) groups is 1. The summed E-state index contributed by atoms with van der Waals surface area (Å²) in [5.41, 5.74) is 4.10. The van der Waals surface area contributed by atoms with Crippen molar-refractivity contribution in [2.45, 2.75) is 19.3 Å². The van der Waals surface area contributed by atoms with Crippen LogP contribution in [0.3, 0.4) is 0 Å². The largest absolute Gasteiger partial charge is 0.478 e. The van der Waals surface area contributed by atoms with Gasteiger partial charge in [0.15, 0.2) is 0 Å². The molecule has 0 amide bonds. The zero-order valence-corrected chi connectivity index (χ0v) is 12.0. The zero-order chi connectivity index (χ0) is 14.7. The van der Waals surface area contributed by atoms with Crippen LogP contribution < -0.4 is 4.90 Å². The van der Waals surface area contributed by atoms with Crippen LogP contribution in [0.15, 0.2) is 48.5 Å². The number of aryl methyl sites for hydroxylation is 1. The summed E-state index contributed by atoms with van der Waals surface area (Å²) in [5.74, 6) is -0.853. The summed E-state index contributed by atoms with van der Waals surface area (Å²) in [6.07, 6.45) is 3.16. The standard InChI is InChI=1S/C18H19NO2/c20-18(21)16-9-8-15-10-12-19(17(15)13-16)11-4-7-14-5-2-1-3-6-14/h1-3,5-6,8-9,13H,4,7,10-12H2,(H,20,21). The van der Waals surface area contributed by atoms with E-state index in [9.17, 15) is 4.79 Å². The maximum Gasteiger partial charge on any atom is 0.335 e. The van der Waals surface area contributed by atoms with Crippen LogP contribution in [0, 0.1) is 0 Å².